The molecule has 0 fully saturated rings. The Morgan fingerprint density at radius 2 is 0.478 bits per heavy atom. The van der Waals surface area contributed by atoms with E-state index < -0.39 is 0 Å². The zero-order valence-corrected chi connectivity index (χ0v) is 55.8. The fourth-order valence-electron chi connectivity index (χ4n) is 16.6. The molecule has 4 nitrogen and oxygen atoms in total. The second kappa shape index (κ2) is 28.4. The molecule has 13 aromatic carbocycles. The van der Waals surface area contributed by atoms with Gasteiger partial charge in [0.1, 0.15) is 0 Å². The quantitative estimate of drug-likeness (QED) is 0.0240. The molecular weight excluding hydrogens is 1110 g/mol. The summed E-state index contributed by atoms with van der Waals surface area (Å²) in [5.41, 5.74) is 15.8. The van der Waals surface area contributed by atoms with E-state index in [4.69, 9.17) is 0 Å². The molecule has 0 atom stereocenters. The minimum absolute atomic E-state index is 0.936. The summed E-state index contributed by atoms with van der Waals surface area (Å²) in [6.07, 6.45) is 30.5. The van der Waals surface area contributed by atoms with Crippen LogP contribution in [-0.2, 0) is 0 Å². The van der Waals surface area contributed by atoms with Crippen molar-refractivity contribution in [3.05, 3.63) is 158 Å². The van der Waals surface area contributed by atoms with Crippen molar-refractivity contribution in [2.24, 2.45) is 0 Å². The Morgan fingerprint density at radius 1 is 0.196 bits per heavy atom. The van der Waals surface area contributed by atoms with Gasteiger partial charge in [-0.3, -0.25) is 0 Å². The van der Waals surface area contributed by atoms with Crippen LogP contribution in [-0.4, -0.2) is 26.2 Å². The maximum atomic E-state index is 4.32. The molecule has 0 radical (unpaired) electrons. The molecule has 0 unspecified atom stereocenters. The van der Waals surface area contributed by atoms with Crippen molar-refractivity contribution in [3.63, 3.8) is 0 Å². The average molecular weight is 1210 g/mol. The summed E-state index contributed by atoms with van der Waals surface area (Å²) in [6.45, 7) is 13.1. The second-order valence-corrected chi connectivity index (χ2v) is 27.3. The monoisotopic (exact) mass is 1210 g/mol. The number of anilines is 4. The van der Waals surface area contributed by atoms with Gasteiger partial charge in [0.05, 0.1) is 22.7 Å². The molecule has 1 aliphatic carbocycles. The molecule has 0 amide bonds. The van der Waals surface area contributed by atoms with Crippen molar-refractivity contribution in [2.45, 2.75) is 182 Å². The van der Waals surface area contributed by atoms with Gasteiger partial charge in [0, 0.05) is 69.6 Å². The first-order chi connectivity index (χ1) is 45.6. The van der Waals surface area contributed by atoms with E-state index in [0.717, 1.165) is 39.0 Å². The summed E-state index contributed by atoms with van der Waals surface area (Å²) in [4.78, 5) is 0. The highest BCUT2D eigenvalue weighted by molar-refractivity contribution is 6.47. The van der Waals surface area contributed by atoms with Gasteiger partial charge < -0.3 is 21.3 Å². The summed E-state index contributed by atoms with van der Waals surface area (Å²) in [7, 11) is 0. The van der Waals surface area contributed by atoms with Crippen LogP contribution in [0.25, 0.3) is 141 Å². The van der Waals surface area contributed by atoms with Crippen LogP contribution in [0.5, 0.6) is 0 Å². The van der Waals surface area contributed by atoms with E-state index in [9.17, 15) is 0 Å². The van der Waals surface area contributed by atoms with E-state index in [1.807, 2.05) is 0 Å². The van der Waals surface area contributed by atoms with Crippen LogP contribution in [0.1, 0.15) is 182 Å². The maximum absolute atomic E-state index is 4.32. The summed E-state index contributed by atoms with van der Waals surface area (Å²) >= 11 is 0. The van der Waals surface area contributed by atoms with Crippen LogP contribution in [0, 0.1) is 0 Å². The molecule has 0 saturated carbocycles. The van der Waals surface area contributed by atoms with E-state index >= 15 is 0 Å². The van der Waals surface area contributed by atoms with Crippen LogP contribution >= 0.6 is 0 Å². The number of nitrogens with one attached hydrogen (secondary N) is 4. The van der Waals surface area contributed by atoms with E-state index in [-0.39, 0.29) is 0 Å². The normalized spacial score (nSPS) is 12.3. The molecular formula is C88H98N4. The molecule has 0 heterocycles. The fraction of sp³-hybridized carbons (Fsp3) is 0.364. The van der Waals surface area contributed by atoms with E-state index in [1.54, 1.807) is 0 Å². The summed E-state index contributed by atoms with van der Waals surface area (Å²) < 4.78 is 0. The molecule has 13 aromatic rings. The van der Waals surface area contributed by atoms with Gasteiger partial charge in [-0.1, -0.05) is 314 Å². The Hall–Kier alpha value is -8.08. The van der Waals surface area contributed by atoms with Crippen LogP contribution in [0.4, 0.5) is 22.7 Å². The number of unbranched alkanes of at least 4 members (excludes halogenated alkanes) is 20. The third-order valence-corrected chi connectivity index (χ3v) is 21.2. The number of rotatable bonds is 34. The van der Waals surface area contributed by atoms with Gasteiger partial charge in [-0.15, -0.1) is 0 Å². The number of hydrogen-bond acceptors (Lipinski definition) is 4. The van der Waals surface area contributed by atoms with Gasteiger partial charge in [-0.25, -0.2) is 0 Å². The van der Waals surface area contributed by atoms with Crippen LogP contribution in [0.3, 0.4) is 0 Å². The first kappa shape index (κ1) is 61.4. The van der Waals surface area contributed by atoms with Gasteiger partial charge in [0.25, 0.3) is 0 Å². The van der Waals surface area contributed by atoms with Crippen molar-refractivity contribution < 1.29 is 0 Å². The Bertz CT molecular complexity index is 4570. The van der Waals surface area contributed by atoms with Gasteiger partial charge in [-0.05, 0) is 124 Å². The lowest BCUT2D eigenvalue weighted by atomic mass is 9.90. The predicted molar refractivity (Wildman–Crippen MR) is 409 cm³/mol. The van der Waals surface area contributed by atoms with Crippen molar-refractivity contribution in [3.8, 4) is 44.5 Å². The molecule has 4 heteroatoms. The highest BCUT2D eigenvalue weighted by Gasteiger charge is 2.32. The fourth-order valence-corrected chi connectivity index (χ4v) is 16.6. The van der Waals surface area contributed by atoms with Crippen LogP contribution in [0.15, 0.2) is 158 Å². The van der Waals surface area contributed by atoms with Gasteiger partial charge in [0.2, 0.25) is 0 Å². The van der Waals surface area contributed by atoms with E-state index in [0.29, 0.717) is 0 Å². The molecule has 92 heavy (non-hydrogen) atoms. The Morgan fingerprint density at radius 3 is 0.935 bits per heavy atom. The van der Waals surface area contributed by atoms with Crippen LogP contribution in [0.2, 0.25) is 0 Å². The van der Waals surface area contributed by atoms with E-state index in [1.165, 1.54) is 305 Å². The third kappa shape index (κ3) is 11.4. The smallest absolute Gasteiger partial charge is 0.0514 e. The zero-order chi connectivity index (χ0) is 62.3. The van der Waals surface area contributed by atoms with Crippen molar-refractivity contribution in [1.29, 1.82) is 0 Å². The summed E-state index contributed by atoms with van der Waals surface area (Å²) in [5, 5.41) is 41.1. The van der Waals surface area contributed by atoms with Gasteiger partial charge in [0.15, 0.2) is 0 Å². The molecule has 0 saturated heterocycles. The third-order valence-electron chi connectivity index (χ3n) is 21.2. The molecule has 0 aromatic heterocycles. The Kier molecular flexibility index (Phi) is 19.0. The number of hydrogen-bond donors (Lipinski definition) is 4. The SMILES string of the molecule is CCCCCCCCNc1c2c(c(NCCCCCCCC)c3ccccc13)-c1ccc(-c3ccc4c5c(NCCCCCCCC)c6c7ccc(-c8cccc9ccccc89)c8cccc(c6c(NCCCCCCCC)c5c5cccc3c54)c87)c3cccc-2c13. The first-order valence-electron chi connectivity index (χ1n) is 36.6. The summed E-state index contributed by atoms with van der Waals surface area (Å²) in [6, 6.07) is 61.5. The predicted octanol–water partition coefficient (Wildman–Crippen LogP) is 27.0. The van der Waals surface area contributed by atoms with E-state index in [2.05, 4.69) is 207 Å². The second-order valence-electron chi connectivity index (χ2n) is 27.3. The molecule has 4 N–H and O–H groups in total. The minimum Gasteiger partial charge on any atom is -0.384 e. The lowest BCUT2D eigenvalue weighted by Crippen LogP contribution is -2.08. The van der Waals surface area contributed by atoms with Crippen molar-refractivity contribution in [1.82, 2.24) is 0 Å². The minimum atomic E-state index is 0.936. The lowest BCUT2D eigenvalue weighted by Gasteiger charge is -2.21. The molecule has 470 valence electrons. The Labute approximate surface area is 548 Å². The maximum Gasteiger partial charge on any atom is 0.0514 e. The Balaban J connectivity index is 0.953. The van der Waals surface area contributed by atoms with Gasteiger partial charge in [-0.2, -0.15) is 0 Å². The van der Waals surface area contributed by atoms with Crippen LogP contribution < -0.4 is 21.3 Å². The number of fused-ring (bicyclic) bond motifs is 11. The lowest BCUT2D eigenvalue weighted by molar-refractivity contribution is 0.617. The highest BCUT2D eigenvalue weighted by Crippen LogP contribution is 2.60. The standard InChI is InChI=1S/C88H98N4/c1-5-9-13-17-21-29-55-89-85-68-40-27-28-41-69(68)86(90-56-30-22-18-14-10-6-2)80-73-52-50-63(66-44-34-46-70(76(66)73)79(80)85)64-51-54-75-78-67(64)45-36-48-72(78)82-84(75)88(92-58-32-24-20-16-12-8-4)83-74-53-49-62(61-42-33-38-59-37-25-26-39-60(59)61)65-43-35-47-71(77(65)74)81(83)87(82)91-57-31-23-19-15-11-7-3/h25-28,33-54,89-92H,5-24,29-32,55-58H2,1-4H3. The molecule has 0 aliphatic heterocycles. The molecule has 0 spiro atoms. The number of benzene rings is 11. The molecule has 14 rings (SSSR count). The summed E-state index contributed by atoms with van der Waals surface area (Å²) in [5.74, 6) is 0. The highest BCUT2D eigenvalue weighted by atomic mass is 14.9. The van der Waals surface area contributed by atoms with Crippen molar-refractivity contribution in [2.75, 3.05) is 47.4 Å². The van der Waals surface area contributed by atoms with Crippen molar-refractivity contribution >= 4 is 120 Å². The molecule has 1 aliphatic rings. The van der Waals surface area contributed by atoms with Gasteiger partial charge >= 0.3 is 0 Å². The topological polar surface area (TPSA) is 48.1 Å². The average Bonchev–Trinajstić information content (AvgIpc) is 1.53. The largest absolute Gasteiger partial charge is 0.384 e. The first-order valence-corrected chi connectivity index (χ1v) is 36.6. The zero-order valence-electron chi connectivity index (χ0n) is 55.8. The molecule has 0 bridgehead atoms.